The molecule has 0 spiro atoms. The van der Waals surface area contributed by atoms with E-state index in [9.17, 15) is 9.59 Å². The smallest absolute Gasteiger partial charge is 0.339 e. The molecule has 0 aliphatic heterocycles. The minimum atomic E-state index is -0.658. The van der Waals surface area contributed by atoms with Crippen LogP contribution in [0.3, 0.4) is 0 Å². The third-order valence-electron chi connectivity index (χ3n) is 1.75. The van der Waals surface area contributed by atoms with Crippen LogP contribution in [0, 0.1) is 0 Å². The minimum Gasteiger partial charge on any atom is -0.452 e. The second-order valence-electron chi connectivity index (χ2n) is 2.97. The Morgan fingerprint density at radius 2 is 2.06 bits per heavy atom. The number of primary amides is 1. The maximum atomic E-state index is 11.6. The van der Waals surface area contributed by atoms with Gasteiger partial charge in [-0.3, -0.25) is 4.79 Å². The van der Waals surface area contributed by atoms with Gasteiger partial charge in [0.05, 0.1) is 5.56 Å². The molecule has 0 aliphatic carbocycles. The van der Waals surface area contributed by atoms with Crippen LogP contribution in [0.15, 0.2) is 29.2 Å². The molecule has 1 aromatic carbocycles. The average Bonchev–Trinajstić information content (AvgIpc) is 2.27. The molecule has 0 saturated heterocycles. The maximum absolute atomic E-state index is 11.6. The van der Waals surface area contributed by atoms with Gasteiger partial charge in [-0.05, 0) is 17.9 Å². The first-order valence-corrected chi connectivity index (χ1v) is 5.81. The molecule has 0 unspecified atom stereocenters. The van der Waals surface area contributed by atoms with E-state index in [2.05, 4.69) is 0 Å². The predicted octanol–water partition coefficient (Wildman–Crippen LogP) is 1.44. The van der Waals surface area contributed by atoms with Gasteiger partial charge in [-0.25, -0.2) is 4.79 Å². The van der Waals surface area contributed by atoms with Crippen molar-refractivity contribution >= 4 is 23.6 Å². The van der Waals surface area contributed by atoms with Gasteiger partial charge in [-0.2, -0.15) is 0 Å². The van der Waals surface area contributed by atoms with E-state index in [1.165, 1.54) is 0 Å². The lowest BCUT2D eigenvalue weighted by Gasteiger charge is -2.07. The van der Waals surface area contributed by atoms with E-state index < -0.39 is 11.9 Å². The SMILES string of the molecule is CCSc1ccccc1C(=O)OCC(N)=O. The van der Waals surface area contributed by atoms with Crippen LogP contribution >= 0.6 is 11.8 Å². The fraction of sp³-hybridized carbons (Fsp3) is 0.273. The van der Waals surface area contributed by atoms with Gasteiger partial charge in [-0.1, -0.05) is 19.1 Å². The van der Waals surface area contributed by atoms with Gasteiger partial charge in [0.25, 0.3) is 5.91 Å². The average molecular weight is 239 g/mol. The summed E-state index contributed by atoms with van der Waals surface area (Å²) < 4.78 is 4.75. The topological polar surface area (TPSA) is 69.4 Å². The van der Waals surface area contributed by atoms with Crippen molar-refractivity contribution in [2.24, 2.45) is 5.73 Å². The highest BCUT2D eigenvalue weighted by molar-refractivity contribution is 7.99. The van der Waals surface area contributed by atoms with Crippen molar-refractivity contribution in [3.05, 3.63) is 29.8 Å². The zero-order valence-electron chi connectivity index (χ0n) is 8.93. The Balaban J connectivity index is 2.77. The van der Waals surface area contributed by atoms with Crippen molar-refractivity contribution in [2.75, 3.05) is 12.4 Å². The summed E-state index contributed by atoms with van der Waals surface area (Å²) in [5.41, 5.74) is 5.36. The predicted molar refractivity (Wildman–Crippen MR) is 62.3 cm³/mol. The summed E-state index contributed by atoms with van der Waals surface area (Å²) in [6.07, 6.45) is 0. The van der Waals surface area contributed by atoms with Crippen LogP contribution in [0.1, 0.15) is 17.3 Å². The second kappa shape index (κ2) is 6.17. The normalized spacial score (nSPS) is 9.81. The lowest BCUT2D eigenvalue weighted by Crippen LogP contribution is -2.21. The molecule has 0 bridgehead atoms. The zero-order chi connectivity index (χ0) is 12.0. The highest BCUT2D eigenvalue weighted by Gasteiger charge is 2.12. The lowest BCUT2D eigenvalue weighted by molar-refractivity contribution is -0.121. The standard InChI is InChI=1S/C11H13NO3S/c1-2-16-9-6-4-3-5-8(9)11(14)15-7-10(12)13/h3-6H,2,7H2,1H3,(H2,12,13). The summed E-state index contributed by atoms with van der Waals surface area (Å²) in [5, 5.41) is 0. The number of ether oxygens (including phenoxy) is 1. The Kier molecular flexibility index (Phi) is 4.85. The van der Waals surface area contributed by atoms with E-state index in [0.717, 1.165) is 10.6 Å². The second-order valence-corrected chi connectivity index (χ2v) is 4.28. The van der Waals surface area contributed by atoms with Crippen LogP contribution in [0.2, 0.25) is 0 Å². The monoisotopic (exact) mass is 239 g/mol. The fourth-order valence-corrected chi connectivity index (χ4v) is 1.92. The number of hydrogen-bond donors (Lipinski definition) is 1. The van der Waals surface area contributed by atoms with E-state index in [4.69, 9.17) is 10.5 Å². The highest BCUT2D eigenvalue weighted by Crippen LogP contribution is 2.22. The molecule has 0 radical (unpaired) electrons. The van der Waals surface area contributed by atoms with E-state index in [1.54, 1.807) is 23.9 Å². The Morgan fingerprint density at radius 3 is 2.69 bits per heavy atom. The molecule has 0 heterocycles. The number of thioether (sulfide) groups is 1. The van der Waals surface area contributed by atoms with Crippen LogP contribution in [0.4, 0.5) is 0 Å². The molecule has 0 atom stereocenters. The molecular weight excluding hydrogens is 226 g/mol. The van der Waals surface area contributed by atoms with Gasteiger partial charge >= 0.3 is 5.97 Å². The first-order chi connectivity index (χ1) is 7.65. The van der Waals surface area contributed by atoms with Gasteiger partial charge in [0.2, 0.25) is 0 Å². The Hall–Kier alpha value is -1.49. The van der Waals surface area contributed by atoms with E-state index in [-0.39, 0.29) is 6.61 Å². The summed E-state index contributed by atoms with van der Waals surface area (Å²) in [5.74, 6) is -0.315. The maximum Gasteiger partial charge on any atom is 0.339 e. The molecule has 1 aromatic rings. The van der Waals surface area contributed by atoms with Gasteiger partial charge in [0.15, 0.2) is 6.61 Å². The fourth-order valence-electron chi connectivity index (χ4n) is 1.13. The summed E-state index contributed by atoms with van der Waals surface area (Å²) in [4.78, 5) is 22.9. The van der Waals surface area contributed by atoms with E-state index >= 15 is 0 Å². The van der Waals surface area contributed by atoms with Crippen LogP contribution in [0.5, 0.6) is 0 Å². The van der Waals surface area contributed by atoms with Crippen molar-refractivity contribution in [3.8, 4) is 0 Å². The molecule has 1 rings (SSSR count). The number of carbonyl (C=O) groups is 2. The number of esters is 1. The molecule has 0 aliphatic rings. The molecule has 5 heteroatoms. The summed E-state index contributed by atoms with van der Waals surface area (Å²) >= 11 is 1.55. The van der Waals surface area contributed by atoms with Gasteiger partial charge in [0, 0.05) is 4.90 Å². The van der Waals surface area contributed by atoms with Crippen molar-refractivity contribution in [1.29, 1.82) is 0 Å². The largest absolute Gasteiger partial charge is 0.452 e. The highest BCUT2D eigenvalue weighted by atomic mass is 32.2. The Labute approximate surface area is 98.2 Å². The molecule has 0 fully saturated rings. The molecule has 2 N–H and O–H groups in total. The molecule has 86 valence electrons. The summed E-state index contributed by atoms with van der Waals surface area (Å²) in [6.45, 7) is 1.61. The minimum absolute atomic E-state index is 0.385. The van der Waals surface area contributed by atoms with Gasteiger partial charge < -0.3 is 10.5 Å². The number of rotatable bonds is 5. The number of nitrogens with two attached hydrogens (primary N) is 1. The van der Waals surface area contributed by atoms with Crippen LogP contribution < -0.4 is 5.73 Å². The first kappa shape index (κ1) is 12.6. The Morgan fingerprint density at radius 1 is 1.38 bits per heavy atom. The van der Waals surface area contributed by atoms with E-state index in [0.29, 0.717) is 5.56 Å². The van der Waals surface area contributed by atoms with Crippen molar-refractivity contribution in [2.45, 2.75) is 11.8 Å². The van der Waals surface area contributed by atoms with Crippen LogP contribution in [-0.4, -0.2) is 24.2 Å². The lowest BCUT2D eigenvalue weighted by atomic mass is 10.2. The Bertz CT molecular complexity index is 393. The molecule has 0 saturated carbocycles. The molecule has 1 amide bonds. The van der Waals surface area contributed by atoms with Crippen molar-refractivity contribution in [3.63, 3.8) is 0 Å². The zero-order valence-corrected chi connectivity index (χ0v) is 9.75. The number of benzene rings is 1. The van der Waals surface area contributed by atoms with Gasteiger partial charge in [-0.15, -0.1) is 11.8 Å². The van der Waals surface area contributed by atoms with Crippen molar-refractivity contribution in [1.82, 2.24) is 0 Å². The van der Waals surface area contributed by atoms with Crippen LogP contribution in [0.25, 0.3) is 0 Å². The molecular formula is C11H13NO3S. The van der Waals surface area contributed by atoms with Crippen LogP contribution in [-0.2, 0) is 9.53 Å². The molecule has 4 nitrogen and oxygen atoms in total. The quantitative estimate of drug-likeness (QED) is 0.623. The number of carbonyl (C=O) groups excluding carboxylic acids is 2. The molecule has 0 aromatic heterocycles. The number of amides is 1. The summed E-state index contributed by atoms with van der Waals surface area (Å²) in [7, 11) is 0. The third-order valence-corrected chi connectivity index (χ3v) is 2.71. The molecule has 16 heavy (non-hydrogen) atoms. The first-order valence-electron chi connectivity index (χ1n) is 4.82. The number of hydrogen-bond acceptors (Lipinski definition) is 4. The third kappa shape index (κ3) is 3.58. The van der Waals surface area contributed by atoms with Gasteiger partial charge in [0.1, 0.15) is 0 Å². The van der Waals surface area contributed by atoms with Crippen molar-refractivity contribution < 1.29 is 14.3 Å². The van der Waals surface area contributed by atoms with E-state index in [1.807, 2.05) is 19.1 Å². The summed E-state index contributed by atoms with van der Waals surface area (Å²) in [6, 6.07) is 7.11.